The molecule has 1 nitrogen and oxygen atoms in total. The van der Waals surface area contributed by atoms with Crippen molar-refractivity contribution in [2.45, 2.75) is 97.3 Å². The van der Waals surface area contributed by atoms with Gasteiger partial charge in [-0.3, -0.25) is 0 Å². The molecule has 0 unspecified atom stereocenters. The smallest absolute Gasteiger partial charge is 0.0143 e. The molecule has 0 aromatic carbocycles. The Morgan fingerprint density at radius 3 is 1.68 bits per heavy atom. The molecule has 0 saturated carbocycles. The van der Waals surface area contributed by atoms with Crippen molar-refractivity contribution in [3.8, 4) is 0 Å². The van der Waals surface area contributed by atoms with Crippen LogP contribution in [0, 0.1) is 0 Å². The summed E-state index contributed by atoms with van der Waals surface area (Å²) in [5.41, 5.74) is 1.23. The van der Waals surface area contributed by atoms with E-state index in [1.54, 1.807) is 0 Å². The Hall–Kier alpha value is -0.460. The lowest BCUT2D eigenvalue weighted by molar-refractivity contribution is 0.549. The largest absolute Gasteiger partial charge is 0.389 e. The van der Waals surface area contributed by atoms with Gasteiger partial charge in [0, 0.05) is 12.2 Å². The van der Waals surface area contributed by atoms with Crippen LogP contribution in [0.15, 0.2) is 12.3 Å². The molecule has 0 amide bonds. The van der Waals surface area contributed by atoms with E-state index in [9.17, 15) is 0 Å². The van der Waals surface area contributed by atoms with Crippen LogP contribution in [0.4, 0.5) is 0 Å². The molecule has 0 aliphatic heterocycles. The Morgan fingerprint density at radius 2 is 1.16 bits per heavy atom. The van der Waals surface area contributed by atoms with E-state index >= 15 is 0 Å². The maximum absolute atomic E-state index is 4.06. The SMILES string of the molecule is C=C(CCCC)NCCCCCCCCCCCC. The van der Waals surface area contributed by atoms with E-state index in [1.807, 2.05) is 0 Å². The first kappa shape index (κ1) is 18.5. The van der Waals surface area contributed by atoms with Gasteiger partial charge in [-0.1, -0.05) is 84.6 Å². The van der Waals surface area contributed by atoms with Gasteiger partial charge in [0.05, 0.1) is 0 Å². The molecule has 0 radical (unpaired) electrons. The fourth-order valence-corrected chi connectivity index (χ4v) is 2.36. The van der Waals surface area contributed by atoms with E-state index in [2.05, 4.69) is 25.7 Å². The second kappa shape index (κ2) is 15.6. The molecular formula is C18H37N. The minimum absolute atomic E-state index is 1.12. The lowest BCUT2D eigenvalue weighted by atomic mass is 10.1. The molecule has 0 aromatic rings. The van der Waals surface area contributed by atoms with E-state index < -0.39 is 0 Å². The number of hydrogen-bond donors (Lipinski definition) is 1. The molecule has 0 aliphatic carbocycles. The van der Waals surface area contributed by atoms with Crippen LogP contribution in [0.25, 0.3) is 0 Å². The number of nitrogens with one attached hydrogen (secondary N) is 1. The summed E-state index contributed by atoms with van der Waals surface area (Å²) in [4.78, 5) is 0. The lowest BCUT2D eigenvalue weighted by Gasteiger charge is -2.08. The predicted octanol–water partition coefficient (Wildman–Crippen LogP) is 6.20. The molecule has 0 saturated heterocycles. The molecule has 0 aliphatic rings. The Bertz CT molecular complexity index is 186. The van der Waals surface area contributed by atoms with Crippen LogP contribution >= 0.6 is 0 Å². The highest BCUT2D eigenvalue weighted by molar-refractivity contribution is 4.90. The van der Waals surface area contributed by atoms with Crippen molar-refractivity contribution in [2.24, 2.45) is 0 Å². The molecule has 0 bridgehead atoms. The van der Waals surface area contributed by atoms with Crippen molar-refractivity contribution in [1.82, 2.24) is 5.32 Å². The van der Waals surface area contributed by atoms with Crippen LogP contribution in [0.5, 0.6) is 0 Å². The minimum Gasteiger partial charge on any atom is -0.389 e. The maximum atomic E-state index is 4.06. The van der Waals surface area contributed by atoms with Gasteiger partial charge in [-0.2, -0.15) is 0 Å². The van der Waals surface area contributed by atoms with Gasteiger partial charge < -0.3 is 5.32 Å². The lowest BCUT2D eigenvalue weighted by Crippen LogP contribution is -2.13. The molecule has 1 heteroatoms. The first-order valence-corrected chi connectivity index (χ1v) is 8.72. The Morgan fingerprint density at radius 1 is 0.684 bits per heavy atom. The highest BCUT2D eigenvalue weighted by Gasteiger charge is 1.94. The monoisotopic (exact) mass is 267 g/mol. The van der Waals surface area contributed by atoms with E-state index in [0.29, 0.717) is 0 Å². The van der Waals surface area contributed by atoms with Crippen molar-refractivity contribution in [1.29, 1.82) is 0 Å². The van der Waals surface area contributed by atoms with Crippen LogP contribution in [0.3, 0.4) is 0 Å². The van der Waals surface area contributed by atoms with Crippen LogP contribution in [-0.2, 0) is 0 Å². The van der Waals surface area contributed by atoms with Gasteiger partial charge in [0.15, 0.2) is 0 Å². The Kier molecular flexibility index (Phi) is 15.2. The summed E-state index contributed by atoms with van der Waals surface area (Å²) in [6.45, 7) is 9.70. The zero-order valence-corrected chi connectivity index (χ0v) is 13.6. The summed E-state index contributed by atoms with van der Waals surface area (Å²) < 4.78 is 0. The van der Waals surface area contributed by atoms with Crippen molar-refractivity contribution in [3.05, 3.63) is 12.3 Å². The van der Waals surface area contributed by atoms with E-state index in [-0.39, 0.29) is 0 Å². The summed E-state index contributed by atoms with van der Waals surface area (Å²) in [5, 5.41) is 3.45. The van der Waals surface area contributed by atoms with Crippen LogP contribution in [0.1, 0.15) is 97.3 Å². The van der Waals surface area contributed by atoms with E-state index in [1.165, 1.54) is 82.7 Å². The minimum atomic E-state index is 1.12. The predicted molar refractivity (Wildman–Crippen MR) is 88.5 cm³/mol. The highest BCUT2D eigenvalue weighted by Crippen LogP contribution is 2.10. The first-order chi connectivity index (χ1) is 9.31. The first-order valence-electron chi connectivity index (χ1n) is 8.72. The number of rotatable bonds is 15. The van der Waals surface area contributed by atoms with Crippen LogP contribution in [-0.4, -0.2) is 6.54 Å². The second-order valence-corrected chi connectivity index (χ2v) is 5.82. The fraction of sp³-hybridized carbons (Fsp3) is 0.889. The molecular weight excluding hydrogens is 230 g/mol. The maximum Gasteiger partial charge on any atom is 0.0143 e. The molecule has 19 heavy (non-hydrogen) atoms. The summed E-state index contributed by atoms with van der Waals surface area (Å²) >= 11 is 0. The second-order valence-electron chi connectivity index (χ2n) is 5.82. The number of allylic oxidation sites excluding steroid dienone is 1. The summed E-state index contributed by atoms with van der Waals surface area (Å²) in [5.74, 6) is 0. The third-order valence-electron chi connectivity index (χ3n) is 3.74. The molecule has 0 rings (SSSR count). The van der Waals surface area contributed by atoms with Gasteiger partial charge in [0.25, 0.3) is 0 Å². The average Bonchev–Trinajstić information content (AvgIpc) is 2.42. The molecule has 0 atom stereocenters. The van der Waals surface area contributed by atoms with Crippen LogP contribution in [0.2, 0.25) is 0 Å². The standard InChI is InChI=1S/C18H37N/c1-4-6-8-9-10-11-12-13-14-15-17-19-18(3)16-7-5-2/h19H,3-17H2,1-2H3. The van der Waals surface area contributed by atoms with E-state index in [0.717, 1.165) is 13.0 Å². The fourth-order valence-electron chi connectivity index (χ4n) is 2.36. The summed E-state index contributed by atoms with van der Waals surface area (Å²) in [6.07, 6.45) is 17.8. The summed E-state index contributed by atoms with van der Waals surface area (Å²) in [6, 6.07) is 0. The summed E-state index contributed by atoms with van der Waals surface area (Å²) in [7, 11) is 0. The molecule has 0 spiro atoms. The van der Waals surface area contributed by atoms with Crippen molar-refractivity contribution in [3.63, 3.8) is 0 Å². The molecule has 0 heterocycles. The molecule has 1 N–H and O–H groups in total. The quantitative estimate of drug-likeness (QED) is 0.348. The molecule has 0 aromatic heterocycles. The third-order valence-corrected chi connectivity index (χ3v) is 3.74. The van der Waals surface area contributed by atoms with Gasteiger partial charge in [-0.15, -0.1) is 0 Å². The van der Waals surface area contributed by atoms with Gasteiger partial charge in [0.1, 0.15) is 0 Å². The Balaban J connectivity index is 3.04. The van der Waals surface area contributed by atoms with E-state index in [4.69, 9.17) is 0 Å². The highest BCUT2D eigenvalue weighted by atomic mass is 14.9. The molecule has 114 valence electrons. The number of hydrogen-bond acceptors (Lipinski definition) is 1. The van der Waals surface area contributed by atoms with Gasteiger partial charge in [-0.25, -0.2) is 0 Å². The molecule has 0 fully saturated rings. The normalized spacial score (nSPS) is 10.6. The Labute approximate surface area is 122 Å². The van der Waals surface area contributed by atoms with Gasteiger partial charge in [0.2, 0.25) is 0 Å². The van der Waals surface area contributed by atoms with Crippen molar-refractivity contribution >= 4 is 0 Å². The topological polar surface area (TPSA) is 12.0 Å². The average molecular weight is 268 g/mol. The zero-order valence-electron chi connectivity index (χ0n) is 13.6. The number of unbranched alkanes of at least 4 members (excludes halogenated alkanes) is 10. The van der Waals surface area contributed by atoms with Gasteiger partial charge in [-0.05, 0) is 19.3 Å². The van der Waals surface area contributed by atoms with Crippen molar-refractivity contribution in [2.75, 3.05) is 6.54 Å². The van der Waals surface area contributed by atoms with Crippen molar-refractivity contribution < 1.29 is 0 Å². The third kappa shape index (κ3) is 15.5. The zero-order chi connectivity index (χ0) is 14.2. The van der Waals surface area contributed by atoms with Gasteiger partial charge >= 0.3 is 0 Å². The van der Waals surface area contributed by atoms with Crippen LogP contribution < -0.4 is 5.32 Å².